The van der Waals surface area contributed by atoms with E-state index in [1.54, 1.807) is 0 Å². The Morgan fingerprint density at radius 2 is 1.74 bits per heavy atom. The monoisotopic (exact) mass is 334 g/mol. The molecule has 0 unspecified atom stereocenters. The number of hydrogen-bond donors (Lipinski definition) is 2. The van der Waals surface area contributed by atoms with E-state index in [9.17, 15) is 4.79 Å². The summed E-state index contributed by atoms with van der Waals surface area (Å²) < 4.78 is 11.6. The standard InChI is InChI=1S/C17H22N2O3S/c1-4-13-12(16(20)19-17(23)18-13)9-11-7-8-14(21-5-2)15(10-11)22-6-3/h7-8,10H,4-6,9H2,1-3H3,(H2,18,19,20,23). The number of nitrogens with one attached hydrogen (secondary N) is 2. The van der Waals surface area contributed by atoms with Crippen LogP contribution in [0.2, 0.25) is 0 Å². The zero-order chi connectivity index (χ0) is 16.8. The summed E-state index contributed by atoms with van der Waals surface area (Å²) in [5.41, 5.74) is 2.42. The number of rotatable bonds is 7. The van der Waals surface area contributed by atoms with Gasteiger partial charge in [0.1, 0.15) is 0 Å². The fraction of sp³-hybridized carbons (Fsp3) is 0.412. The summed E-state index contributed by atoms with van der Waals surface area (Å²) in [6, 6.07) is 5.76. The molecule has 0 amide bonds. The average molecular weight is 334 g/mol. The molecule has 2 aromatic rings. The highest BCUT2D eigenvalue weighted by atomic mass is 32.1. The summed E-state index contributed by atoms with van der Waals surface area (Å²) in [7, 11) is 0. The van der Waals surface area contributed by atoms with Crippen molar-refractivity contribution in [3.63, 3.8) is 0 Å². The lowest BCUT2D eigenvalue weighted by Gasteiger charge is -2.13. The van der Waals surface area contributed by atoms with Crippen LogP contribution in [0.25, 0.3) is 0 Å². The quantitative estimate of drug-likeness (QED) is 0.762. The summed E-state index contributed by atoms with van der Waals surface area (Å²) in [6.45, 7) is 6.99. The van der Waals surface area contributed by atoms with Crippen molar-refractivity contribution in [2.75, 3.05) is 13.2 Å². The maximum atomic E-state index is 12.2. The van der Waals surface area contributed by atoms with Gasteiger partial charge in [-0.2, -0.15) is 0 Å². The van der Waals surface area contributed by atoms with E-state index in [4.69, 9.17) is 21.7 Å². The molecular weight excluding hydrogens is 312 g/mol. The Morgan fingerprint density at radius 3 is 2.39 bits per heavy atom. The molecule has 0 spiro atoms. The van der Waals surface area contributed by atoms with Crippen LogP contribution in [0, 0.1) is 4.77 Å². The van der Waals surface area contributed by atoms with Crippen LogP contribution in [0.5, 0.6) is 11.5 Å². The predicted octanol–water partition coefficient (Wildman–Crippen LogP) is 3.38. The molecule has 0 atom stereocenters. The Labute approximate surface area is 140 Å². The zero-order valence-electron chi connectivity index (χ0n) is 13.7. The van der Waals surface area contributed by atoms with Gasteiger partial charge in [-0.05, 0) is 50.2 Å². The van der Waals surface area contributed by atoms with Crippen LogP contribution in [0.3, 0.4) is 0 Å². The molecule has 124 valence electrons. The lowest BCUT2D eigenvalue weighted by Crippen LogP contribution is -2.18. The number of H-pyrrole nitrogens is 2. The molecule has 5 nitrogen and oxygen atoms in total. The molecule has 1 aromatic heterocycles. The Balaban J connectivity index is 2.39. The van der Waals surface area contributed by atoms with Gasteiger partial charge in [0.25, 0.3) is 5.56 Å². The van der Waals surface area contributed by atoms with Gasteiger partial charge in [0.05, 0.1) is 13.2 Å². The number of hydrogen-bond acceptors (Lipinski definition) is 4. The first kappa shape index (κ1) is 17.3. The van der Waals surface area contributed by atoms with Crippen molar-refractivity contribution in [2.24, 2.45) is 0 Å². The fourth-order valence-corrected chi connectivity index (χ4v) is 2.67. The first-order valence-electron chi connectivity index (χ1n) is 7.81. The first-order valence-corrected chi connectivity index (χ1v) is 8.22. The molecule has 0 radical (unpaired) electrons. The van der Waals surface area contributed by atoms with Crippen molar-refractivity contribution in [3.05, 3.63) is 50.1 Å². The van der Waals surface area contributed by atoms with Crippen LogP contribution < -0.4 is 15.0 Å². The third kappa shape index (κ3) is 4.22. The second kappa shape index (κ2) is 7.97. The van der Waals surface area contributed by atoms with Crippen LogP contribution in [0.15, 0.2) is 23.0 Å². The van der Waals surface area contributed by atoms with Crippen molar-refractivity contribution >= 4 is 12.2 Å². The van der Waals surface area contributed by atoms with E-state index < -0.39 is 0 Å². The third-order valence-electron chi connectivity index (χ3n) is 3.47. The molecule has 6 heteroatoms. The molecule has 0 fully saturated rings. The van der Waals surface area contributed by atoms with Crippen LogP contribution in [-0.2, 0) is 12.8 Å². The average Bonchev–Trinajstić information content (AvgIpc) is 2.52. The topological polar surface area (TPSA) is 67.1 Å². The normalized spacial score (nSPS) is 10.6. The minimum Gasteiger partial charge on any atom is -0.490 e. The number of aromatic amines is 2. The first-order chi connectivity index (χ1) is 11.1. The van der Waals surface area contributed by atoms with Gasteiger partial charge in [-0.15, -0.1) is 0 Å². The Kier molecular flexibility index (Phi) is 5.98. The van der Waals surface area contributed by atoms with E-state index in [1.807, 2.05) is 39.0 Å². The van der Waals surface area contributed by atoms with E-state index in [2.05, 4.69) is 9.97 Å². The van der Waals surface area contributed by atoms with Gasteiger partial charge in [0.2, 0.25) is 0 Å². The van der Waals surface area contributed by atoms with Crippen LogP contribution in [0.1, 0.15) is 37.6 Å². The predicted molar refractivity (Wildman–Crippen MR) is 93.2 cm³/mol. The molecular formula is C17H22N2O3S. The molecule has 0 saturated carbocycles. The van der Waals surface area contributed by atoms with Gasteiger partial charge in [0, 0.05) is 17.7 Å². The fourth-order valence-electron chi connectivity index (χ4n) is 2.46. The Hall–Kier alpha value is -2.08. The van der Waals surface area contributed by atoms with Crippen molar-refractivity contribution in [3.8, 4) is 11.5 Å². The van der Waals surface area contributed by atoms with Crippen LogP contribution in [0.4, 0.5) is 0 Å². The van der Waals surface area contributed by atoms with Gasteiger partial charge >= 0.3 is 0 Å². The molecule has 0 aliphatic rings. The van der Waals surface area contributed by atoms with Crippen molar-refractivity contribution in [1.29, 1.82) is 0 Å². The molecule has 2 rings (SSSR count). The van der Waals surface area contributed by atoms with Gasteiger partial charge < -0.3 is 14.5 Å². The third-order valence-corrected chi connectivity index (χ3v) is 3.68. The van der Waals surface area contributed by atoms with E-state index >= 15 is 0 Å². The Bertz CT molecular complexity index is 780. The molecule has 1 aromatic carbocycles. The summed E-state index contributed by atoms with van der Waals surface area (Å²) >= 11 is 5.03. The van der Waals surface area contributed by atoms with Gasteiger partial charge in [-0.25, -0.2) is 0 Å². The second-order valence-electron chi connectivity index (χ2n) is 5.04. The van der Waals surface area contributed by atoms with Crippen molar-refractivity contribution in [2.45, 2.75) is 33.6 Å². The van der Waals surface area contributed by atoms with E-state index in [0.29, 0.717) is 35.7 Å². The maximum Gasteiger partial charge on any atom is 0.255 e. The number of aromatic nitrogens is 2. The molecule has 0 aliphatic carbocycles. The largest absolute Gasteiger partial charge is 0.490 e. The summed E-state index contributed by atoms with van der Waals surface area (Å²) in [5, 5.41) is 0. The molecule has 1 heterocycles. The maximum absolute atomic E-state index is 12.2. The Morgan fingerprint density at radius 1 is 1.04 bits per heavy atom. The summed E-state index contributed by atoms with van der Waals surface area (Å²) in [4.78, 5) is 17.9. The molecule has 0 bridgehead atoms. The lowest BCUT2D eigenvalue weighted by atomic mass is 10.0. The van der Waals surface area contributed by atoms with E-state index in [0.717, 1.165) is 23.4 Å². The highest BCUT2D eigenvalue weighted by molar-refractivity contribution is 7.71. The molecule has 2 N–H and O–H groups in total. The smallest absolute Gasteiger partial charge is 0.255 e. The van der Waals surface area contributed by atoms with E-state index in [1.165, 1.54) is 0 Å². The van der Waals surface area contributed by atoms with Crippen LogP contribution >= 0.6 is 12.2 Å². The highest BCUT2D eigenvalue weighted by Crippen LogP contribution is 2.29. The SMILES string of the molecule is CCOc1ccc(Cc2c(CC)[nH]c(=S)[nH]c2=O)cc1OCC. The number of benzene rings is 1. The highest BCUT2D eigenvalue weighted by Gasteiger charge is 2.11. The van der Waals surface area contributed by atoms with Crippen LogP contribution in [-0.4, -0.2) is 23.2 Å². The molecule has 0 aliphatic heterocycles. The van der Waals surface area contributed by atoms with Gasteiger partial charge in [-0.1, -0.05) is 13.0 Å². The number of aryl methyl sites for hydroxylation is 1. The molecule has 0 saturated heterocycles. The lowest BCUT2D eigenvalue weighted by molar-refractivity contribution is 0.287. The van der Waals surface area contributed by atoms with Gasteiger partial charge in [0.15, 0.2) is 16.3 Å². The van der Waals surface area contributed by atoms with E-state index in [-0.39, 0.29) is 5.56 Å². The van der Waals surface area contributed by atoms with Crippen molar-refractivity contribution < 1.29 is 9.47 Å². The summed E-state index contributed by atoms with van der Waals surface area (Å²) in [6.07, 6.45) is 1.23. The zero-order valence-corrected chi connectivity index (χ0v) is 14.5. The molecule has 23 heavy (non-hydrogen) atoms. The number of ether oxygens (including phenoxy) is 2. The second-order valence-corrected chi connectivity index (χ2v) is 5.45. The van der Waals surface area contributed by atoms with Crippen molar-refractivity contribution in [1.82, 2.24) is 9.97 Å². The minimum absolute atomic E-state index is 0.141. The minimum atomic E-state index is -0.141. The van der Waals surface area contributed by atoms with Gasteiger partial charge in [-0.3, -0.25) is 9.78 Å². The summed E-state index contributed by atoms with van der Waals surface area (Å²) in [5.74, 6) is 1.42.